The number of anilines is 1. The molecule has 0 atom stereocenters. The fourth-order valence-corrected chi connectivity index (χ4v) is 3.40. The second kappa shape index (κ2) is 7.55. The molecule has 0 spiro atoms. The van der Waals surface area contributed by atoms with E-state index in [1.54, 1.807) is 13.0 Å². The lowest BCUT2D eigenvalue weighted by molar-refractivity contribution is -0.137. The van der Waals surface area contributed by atoms with E-state index in [2.05, 4.69) is 0 Å². The third-order valence-electron chi connectivity index (χ3n) is 4.77. The molecule has 0 bridgehead atoms. The van der Waals surface area contributed by atoms with Crippen LogP contribution in [-0.4, -0.2) is 24.3 Å². The minimum atomic E-state index is -4.80. The Morgan fingerprint density at radius 3 is 2.43 bits per heavy atom. The van der Waals surface area contributed by atoms with Gasteiger partial charge in [-0.3, -0.25) is 9.59 Å². The van der Waals surface area contributed by atoms with Crippen LogP contribution in [0.25, 0.3) is 5.57 Å². The molecule has 1 aliphatic rings. The highest BCUT2D eigenvalue weighted by molar-refractivity contribution is 6.09. The van der Waals surface area contributed by atoms with Crippen LogP contribution in [0.2, 0.25) is 0 Å². The second-order valence-corrected chi connectivity index (χ2v) is 6.94. The summed E-state index contributed by atoms with van der Waals surface area (Å²) in [5, 5.41) is 0. The van der Waals surface area contributed by atoms with Gasteiger partial charge in [0.1, 0.15) is 0 Å². The van der Waals surface area contributed by atoms with Crippen LogP contribution in [0.3, 0.4) is 0 Å². The SMILES string of the molecule is Cc1ccc2c(c1)/C(=C/C(N)=O)C(F)(F)CCN2C(=O)c1ccccc1C(F)(F)F. The molecule has 30 heavy (non-hydrogen) atoms. The first-order valence-electron chi connectivity index (χ1n) is 8.90. The van der Waals surface area contributed by atoms with Crippen molar-refractivity contribution in [1.82, 2.24) is 0 Å². The van der Waals surface area contributed by atoms with Gasteiger partial charge in [0.25, 0.3) is 11.8 Å². The van der Waals surface area contributed by atoms with Gasteiger partial charge in [-0.05, 0) is 31.2 Å². The van der Waals surface area contributed by atoms with E-state index < -0.39 is 53.6 Å². The molecule has 2 amide bonds. The van der Waals surface area contributed by atoms with Gasteiger partial charge in [-0.2, -0.15) is 13.2 Å². The molecule has 2 aromatic rings. The summed E-state index contributed by atoms with van der Waals surface area (Å²) >= 11 is 0. The maximum Gasteiger partial charge on any atom is 0.417 e. The zero-order valence-electron chi connectivity index (χ0n) is 15.8. The van der Waals surface area contributed by atoms with Crippen LogP contribution in [0, 0.1) is 6.92 Å². The Balaban J connectivity index is 2.21. The van der Waals surface area contributed by atoms with Crippen LogP contribution in [-0.2, 0) is 11.0 Å². The number of nitrogens with two attached hydrogens (primary N) is 1. The number of alkyl halides is 5. The number of carbonyl (C=O) groups excluding carboxylic acids is 2. The Labute approximate surface area is 168 Å². The van der Waals surface area contributed by atoms with Crippen molar-refractivity contribution in [2.75, 3.05) is 11.4 Å². The van der Waals surface area contributed by atoms with E-state index in [4.69, 9.17) is 5.73 Å². The fourth-order valence-electron chi connectivity index (χ4n) is 3.40. The number of hydrogen-bond donors (Lipinski definition) is 1. The Bertz CT molecular complexity index is 1040. The molecule has 2 N–H and O–H groups in total. The van der Waals surface area contributed by atoms with Gasteiger partial charge in [-0.1, -0.05) is 23.8 Å². The molecule has 0 saturated heterocycles. The molecule has 0 aliphatic carbocycles. The number of aryl methyl sites for hydroxylation is 1. The van der Waals surface area contributed by atoms with E-state index in [1.807, 2.05) is 0 Å². The van der Waals surface area contributed by atoms with Crippen molar-refractivity contribution in [1.29, 1.82) is 0 Å². The van der Waals surface area contributed by atoms with Gasteiger partial charge in [0.2, 0.25) is 5.91 Å². The number of rotatable bonds is 2. The molecule has 2 aromatic carbocycles. The van der Waals surface area contributed by atoms with E-state index in [9.17, 15) is 31.5 Å². The molecule has 3 rings (SSSR count). The molecule has 9 heteroatoms. The third-order valence-corrected chi connectivity index (χ3v) is 4.77. The number of fused-ring (bicyclic) bond motifs is 1. The van der Waals surface area contributed by atoms with Crippen molar-refractivity contribution in [3.63, 3.8) is 0 Å². The van der Waals surface area contributed by atoms with E-state index >= 15 is 0 Å². The van der Waals surface area contributed by atoms with Gasteiger partial charge >= 0.3 is 6.18 Å². The first-order valence-corrected chi connectivity index (χ1v) is 8.90. The average molecular weight is 424 g/mol. The van der Waals surface area contributed by atoms with Gasteiger partial charge in [-0.25, -0.2) is 8.78 Å². The van der Waals surface area contributed by atoms with Crippen molar-refractivity contribution in [3.8, 4) is 0 Å². The summed E-state index contributed by atoms with van der Waals surface area (Å²) in [6.45, 7) is 1.07. The van der Waals surface area contributed by atoms with Crippen LogP contribution < -0.4 is 10.6 Å². The van der Waals surface area contributed by atoms with Gasteiger partial charge in [0.05, 0.1) is 16.8 Å². The van der Waals surface area contributed by atoms with Crippen LogP contribution in [0.1, 0.15) is 33.5 Å². The number of allylic oxidation sites excluding steroid dienone is 1. The van der Waals surface area contributed by atoms with Crippen molar-refractivity contribution >= 4 is 23.1 Å². The predicted octanol–water partition coefficient (Wildman–Crippen LogP) is 4.57. The van der Waals surface area contributed by atoms with Crippen molar-refractivity contribution in [3.05, 3.63) is 70.8 Å². The van der Waals surface area contributed by atoms with E-state index in [1.165, 1.54) is 18.2 Å². The molecule has 0 aromatic heterocycles. The lowest BCUT2D eigenvalue weighted by atomic mass is 9.95. The molecule has 4 nitrogen and oxygen atoms in total. The van der Waals surface area contributed by atoms with Crippen LogP contribution >= 0.6 is 0 Å². The molecular weight excluding hydrogens is 407 g/mol. The summed E-state index contributed by atoms with van der Waals surface area (Å²) in [4.78, 5) is 25.3. The Morgan fingerprint density at radius 1 is 1.13 bits per heavy atom. The number of halogens is 5. The number of nitrogens with zero attached hydrogens (tertiary/aromatic N) is 1. The summed E-state index contributed by atoms with van der Waals surface area (Å²) in [5.41, 5.74) is 3.01. The zero-order chi connectivity index (χ0) is 22.3. The smallest absolute Gasteiger partial charge is 0.366 e. The highest BCUT2D eigenvalue weighted by Crippen LogP contribution is 2.44. The first kappa shape index (κ1) is 21.5. The highest BCUT2D eigenvalue weighted by atomic mass is 19.4. The summed E-state index contributed by atoms with van der Waals surface area (Å²) in [5.74, 6) is -5.68. The lowest BCUT2D eigenvalue weighted by Crippen LogP contribution is -2.34. The van der Waals surface area contributed by atoms with E-state index in [0.29, 0.717) is 11.6 Å². The summed E-state index contributed by atoms with van der Waals surface area (Å²) in [7, 11) is 0. The molecule has 0 radical (unpaired) electrons. The molecule has 1 aliphatic heterocycles. The van der Waals surface area contributed by atoms with E-state index in [0.717, 1.165) is 23.1 Å². The molecule has 158 valence electrons. The van der Waals surface area contributed by atoms with Gasteiger partial charge < -0.3 is 10.6 Å². The van der Waals surface area contributed by atoms with Crippen molar-refractivity contribution in [2.45, 2.75) is 25.4 Å². The number of carbonyl (C=O) groups is 2. The normalized spacial score (nSPS) is 17.4. The molecule has 1 heterocycles. The Hall–Kier alpha value is -3.23. The molecule has 0 unspecified atom stereocenters. The predicted molar refractivity (Wildman–Crippen MR) is 101 cm³/mol. The van der Waals surface area contributed by atoms with Gasteiger partial charge in [0, 0.05) is 30.2 Å². The Kier molecular flexibility index (Phi) is 5.40. The molecule has 0 saturated carbocycles. The molecular formula is C21H17F5N2O2. The summed E-state index contributed by atoms with van der Waals surface area (Å²) in [6.07, 6.45) is -5.09. The second-order valence-electron chi connectivity index (χ2n) is 6.94. The summed E-state index contributed by atoms with van der Waals surface area (Å²) < 4.78 is 69.8. The standard InChI is InChI=1S/C21H17F5N2O2/c1-12-6-7-17-14(10-12)16(11-18(27)29)20(22,23)8-9-28(17)19(30)13-4-2-3-5-15(13)21(24,25)26/h2-7,10-11H,8-9H2,1H3,(H2,27,29)/b16-11-. The quantitative estimate of drug-likeness (QED) is 0.567. The lowest BCUT2D eigenvalue weighted by Gasteiger charge is -2.24. The maximum absolute atomic E-state index is 14.8. The van der Waals surface area contributed by atoms with Crippen molar-refractivity contribution in [2.24, 2.45) is 5.73 Å². The number of amides is 2. The fraction of sp³-hybridized carbons (Fsp3) is 0.238. The van der Waals surface area contributed by atoms with Crippen LogP contribution in [0.15, 0.2) is 48.5 Å². The number of hydrogen-bond acceptors (Lipinski definition) is 2. The van der Waals surface area contributed by atoms with Crippen molar-refractivity contribution < 1.29 is 31.5 Å². The molecule has 0 fully saturated rings. The Morgan fingerprint density at radius 2 is 1.80 bits per heavy atom. The zero-order valence-corrected chi connectivity index (χ0v) is 15.8. The highest BCUT2D eigenvalue weighted by Gasteiger charge is 2.43. The van der Waals surface area contributed by atoms with Gasteiger partial charge in [-0.15, -0.1) is 0 Å². The van der Waals surface area contributed by atoms with Crippen LogP contribution in [0.4, 0.5) is 27.6 Å². The number of primary amides is 1. The third kappa shape index (κ3) is 4.05. The topological polar surface area (TPSA) is 63.4 Å². The monoisotopic (exact) mass is 424 g/mol. The average Bonchev–Trinajstić information content (AvgIpc) is 2.75. The largest absolute Gasteiger partial charge is 0.417 e. The van der Waals surface area contributed by atoms with E-state index in [-0.39, 0.29) is 11.3 Å². The minimum Gasteiger partial charge on any atom is -0.366 e. The van der Waals surface area contributed by atoms with Gasteiger partial charge in [0.15, 0.2) is 0 Å². The summed E-state index contributed by atoms with van der Waals surface area (Å²) in [6, 6.07) is 8.43. The number of benzene rings is 2. The minimum absolute atomic E-state index is 0.0211. The maximum atomic E-state index is 14.8. The first-order chi connectivity index (χ1) is 13.9. The van der Waals surface area contributed by atoms with Crippen LogP contribution in [0.5, 0.6) is 0 Å².